The molecule has 9 heteroatoms. The Hall–Kier alpha value is -1.68. The number of carboxylic acids is 2. The Balaban J connectivity index is 1.71. The zero-order valence-corrected chi connectivity index (χ0v) is 14.9. The Bertz CT molecular complexity index is 687. The SMILES string of the molecule is O=C(O)c1cc(Br)c(OC[C@H]2CC3(CCN2)OCCO3)cc1C(=O)O. The molecule has 0 aliphatic carbocycles. The van der Waals surface area contributed by atoms with Crippen LogP contribution >= 0.6 is 15.9 Å². The second kappa shape index (κ2) is 7.28. The van der Waals surface area contributed by atoms with Crippen LogP contribution in [0.5, 0.6) is 5.75 Å². The maximum absolute atomic E-state index is 11.3. The molecular weight excluding hydrogens is 398 g/mol. The summed E-state index contributed by atoms with van der Waals surface area (Å²) in [4.78, 5) is 22.5. The van der Waals surface area contributed by atoms with Gasteiger partial charge in [0.25, 0.3) is 0 Å². The van der Waals surface area contributed by atoms with E-state index in [0.717, 1.165) is 13.0 Å². The average molecular weight is 416 g/mol. The second-order valence-electron chi connectivity index (χ2n) is 5.96. The van der Waals surface area contributed by atoms with Crippen molar-refractivity contribution < 1.29 is 34.0 Å². The first-order chi connectivity index (χ1) is 11.9. The van der Waals surface area contributed by atoms with Gasteiger partial charge in [0.2, 0.25) is 0 Å². The molecule has 0 saturated carbocycles. The monoisotopic (exact) mass is 415 g/mol. The summed E-state index contributed by atoms with van der Waals surface area (Å²) in [6, 6.07) is 2.43. The summed E-state index contributed by atoms with van der Waals surface area (Å²) in [5.41, 5.74) is -0.615. The smallest absolute Gasteiger partial charge is 0.336 e. The van der Waals surface area contributed by atoms with E-state index in [9.17, 15) is 14.7 Å². The van der Waals surface area contributed by atoms with E-state index in [4.69, 9.17) is 19.3 Å². The zero-order valence-electron chi connectivity index (χ0n) is 13.3. The predicted octanol–water partition coefficient (Wildman–Crippen LogP) is 1.72. The van der Waals surface area contributed by atoms with Gasteiger partial charge in [-0.15, -0.1) is 0 Å². The second-order valence-corrected chi connectivity index (χ2v) is 6.82. The first-order valence-electron chi connectivity index (χ1n) is 7.84. The molecule has 1 atom stereocenters. The molecule has 8 nitrogen and oxygen atoms in total. The number of benzene rings is 1. The van der Waals surface area contributed by atoms with Gasteiger partial charge in [-0.3, -0.25) is 0 Å². The standard InChI is InChI=1S/C16H18BrNO7/c17-12-5-10(14(19)20)11(15(21)22)6-13(12)23-8-9-7-16(1-2-18-9)24-3-4-25-16/h5-6,9,18H,1-4,7-8H2,(H,19,20)(H,21,22)/t9-/m1/s1. The Labute approximate surface area is 152 Å². The number of hydrogen-bond donors (Lipinski definition) is 3. The van der Waals surface area contributed by atoms with E-state index in [0.29, 0.717) is 24.1 Å². The molecule has 2 aliphatic heterocycles. The van der Waals surface area contributed by atoms with E-state index in [1.165, 1.54) is 12.1 Å². The number of carbonyl (C=O) groups is 2. The number of piperidine rings is 1. The van der Waals surface area contributed by atoms with Crippen molar-refractivity contribution in [1.29, 1.82) is 0 Å². The quantitative estimate of drug-likeness (QED) is 0.665. The molecule has 1 spiro atoms. The van der Waals surface area contributed by atoms with Crippen molar-refractivity contribution in [2.75, 3.05) is 26.4 Å². The van der Waals surface area contributed by atoms with Crippen molar-refractivity contribution in [3.05, 3.63) is 27.7 Å². The highest BCUT2D eigenvalue weighted by Gasteiger charge is 2.41. The van der Waals surface area contributed by atoms with E-state index in [1.54, 1.807) is 0 Å². The lowest BCUT2D eigenvalue weighted by Gasteiger charge is -2.36. The fraction of sp³-hybridized carbons (Fsp3) is 0.500. The normalized spacial score (nSPS) is 22.0. The van der Waals surface area contributed by atoms with Crippen molar-refractivity contribution in [2.24, 2.45) is 0 Å². The van der Waals surface area contributed by atoms with E-state index in [-0.39, 0.29) is 29.5 Å². The first-order valence-corrected chi connectivity index (χ1v) is 8.64. The Morgan fingerprint density at radius 2 is 1.88 bits per heavy atom. The predicted molar refractivity (Wildman–Crippen MR) is 89.2 cm³/mol. The number of rotatable bonds is 5. The molecule has 25 heavy (non-hydrogen) atoms. The summed E-state index contributed by atoms with van der Waals surface area (Å²) in [5.74, 6) is -2.92. The molecule has 3 rings (SSSR count). The number of nitrogens with one attached hydrogen (secondary N) is 1. The minimum atomic E-state index is -1.32. The molecule has 3 N–H and O–H groups in total. The van der Waals surface area contributed by atoms with Crippen molar-refractivity contribution in [3.63, 3.8) is 0 Å². The molecule has 136 valence electrons. The summed E-state index contributed by atoms with van der Waals surface area (Å²) in [6.45, 7) is 2.17. The lowest BCUT2D eigenvalue weighted by molar-refractivity contribution is -0.181. The molecule has 1 aromatic rings. The van der Waals surface area contributed by atoms with Gasteiger partial charge < -0.3 is 29.7 Å². The largest absolute Gasteiger partial charge is 0.491 e. The van der Waals surface area contributed by atoms with Crippen LogP contribution in [0.25, 0.3) is 0 Å². The molecule has 2 aliphatic rings. The van der Waals surface area contributed by atoms with Gasteiger partial charge in [0, 0.05) is 25.4 Å². The maximum Gasteiger partial charge on any atom is 0.336 e. The van der Waals surface area contributed by atoms with Gasteiger partial charge in [-0.25, -0.2) is 9.59 Å². The van der Waals surface area contributed by atoms with Gasteiger partial charge in [-0.2, -0.15) is 0 Å². The minimum Gasteiger partial charge on any atom is -0.491 e. The highest BCUT2D eigenvalue weighted by atomic mass is 79.9. The van der Waals surface area contributed by atoms with Crippen LogP contribution in [0.2, 0.25) is 0 Å². The van der Waals surface area contributed by atoms with E-state index in [2.05, 4.69) is 21.2 Å². The van der Waals surface area contributed by atoms with Gasteiger partial charge in [0.1, 0.15) is 12.4 Å². The van der Waals surface area contributed by atoms with Crippen molar-refractivity contribution in [3.8, 4) is 5.75 Å². The highest BCUT2D eigenvalue weighted by Crippen LogP contribution is 2.33. The van der Waals surface area contributed by atoms with Crippen molar-refractivity contribution in [1.82, 2.24) is 5.32 Å². The summed E-state index contributed by atoms with van der Waals surface area (Å²) in [6.07, 6.45) is 1.40. The van der Waals surface area contributed by atoms with Crippen molar-refractivity contribution >= 4 is 27.9 Å². The van der Waals surface area contributed by atoms with Crippen molar-refractivity contribution in [2.45, 2.75) is 24.7 Å². The van der Waals surface area contributed by atoms with E-state index < -0.39 is 17.7 Å². The third-order valence-electron chi connectivity index (χ3n) is 4.28. The Morgan fingerprint density at radius 3 is 2.52 bits per heavy atom. The number of carboxylic acid groups (broad SMARTS) is 2. The maximum atomic E-state index is 11.3. The van der Waals surface area contributed by atoms with Gasteiger partial charge in [-0.1, -0.05) is 0 Å². The number of ether oxygens (including phenoxy) is 3. The molecule has 0 amide bonds. The van der Waals surface area contributed by atoms with E-state index in [1.807, 2.05) is 0 Å². The van der Waals surface area contributed by atoms with Crippen LogP contribution in [0.1, 0.15) is 33.6 Å². The summed E-state index contributed by atoms with van der Waals surface area (Å²) in [7, 11) is 0. The molecule has 2 heterocycles. The third kappa shape index (κ3) is 3.95. The molecule has 0 bridgehead atoms. The Kier molecular flexibility index (Phi) is 5.28. The van der Waals surface area contributed by atoms with Crippen LogP contribution in [0, 0.1) is 0 Å². The summed E-state index contributed by atoms with van der Waals surface area (Å²) in [5, 5.41) is 21.6. The fourth-order valence-corrected chi connectivity index (χ4v) is 3.56. The third-order valence-corrected chi connectivity index (χ3v) is 4.90. The number of hydrogen-bond acceptors (Lipinski definition) is 6. The van der Waals surface area contributed by atoms with Gasteiger partial charge in [0.15, 0.2) is 5.79 Å². The highest BCUT2D eigenvalue weighted by molar-refractivity contribution is 9.10. The van der Waals surface area contributed by atoms with Crippen LogP contribution in [0.4, 0.5) is 0 Å². The molecule has 0 aromatic heterocycles. The van der Waals surface area contributed by atoms with Crippen LogP contribution in [-0.2, 0) is 9.47 Å². The van der Waals surface area contributed by atoms with Crippen LogP contribution in [0.3, 0.4) is 0 Å². The molecule has 0 radical (unpaired) electrons. The summed E-state index contributed by atoms with van der Waals surface area (Å²) >= 11 is 3.23. The molecule has 0 unspecified atom stereocenters. The van der Waals surface area contributed by atoms with Crippen LogP contribution in [0.15, 0.2) is 16.6 Å². The fourth-order valence-electron chi connectivity index (χ4n) is 3.10. The van der Waals surface area contributed by atoms with Gasteiger partial charge >= 0.3 is 11.9 Å². The first kappa shape index (κ1) is 18.1. The molecule has 2 fully saturated rings. The number of aromatic carboxylic acids is 2. The van der Waals surface area contributed by atoms with Crippen LogP contribution in [-0.4, -0.2) is 60.3 Å². The van der Waals surface area contributed by atoms with Crippen LogP contribution < -0.4 is 10.1 Å². The summed E-state index contributed by atoms with van der Waals surface area (Å²) < 4.78 is 17.5. The zero-order chi connectivity index (χ0) is 18.0. The molecule has 1 aromatic carbocycles. The molecule has 2 saturated heterocycles. The molecular formula is C16H18BrNO7. The topological polar surface area (TPSA) is 114 Å². The van der Waals surface area contributed by atoms with Gasteiger partial charge in [-0.05, 0) is 28.1 Å². The Morgan fingerprint density at radius 1 is 1.24 bits per heavy atom. The lowest BCUT2D eigenvalue weighted by Crippen LogP contribution is -2.51. The van der Waals surface area contributed by atoms with E-state index >= 15 is 0 Å². The average Bonchev–Trinajstić information content (AvgIpc) is 3.00. The number of halogens is 1. The lowest BCUT2D eigenvalue weighted by atomic mass is 9.98. The van der Waals surface area contributed by atoms with Gasteiger partial charge in [0.05, 0.1) is 28.8 Å². The minimum absolute atomic E-state index is 0.0221.